The van der Waals surface area contributed by atoms with Gasteiger partial charge >= 0.3 is 0 Å². The van der Waals surface area contributed by atoms with Crippen molar-refractivity contribution in [3.8, 4) is 22.3 Å². The summed E-state index contributed by atoms with van der Waals surface area (Å²) in [4.78, 5) is 0. The van der Waals surface area contributed by atoms with Gasteiger partial charge in [0.1, 0.15) is 0 Å². The summed E-state index contributed by atoms with van der Waals surface area (Å²) in [5.74, 6) is 1.75. The Labute approximate surface area is 316 Å². The third-order valence-electron chi connectivity index (χ3n) is 14.1. The lowest BCUT2D eigenvalue weighted by molar-refractivity contribution is 0.490. The average Bonchev–Trinajstić information content (AvgIpc) is 3.61. The quantitative estimate of drug-likeness (QED) is 0.149. The van der Waals surface area contributed by atoms with Gasteiger partial charge in [0.05, 0.1) is 5.41 Å². The Hall–Kier alpha value is -4.68. The predicted molar refractivity (Wildman–Crippen MR) is 226 cm³/mol. The van der Waals surface area contributed by atoms with Crippen molar-refractivity contribution in [3.05, 3.63) is 165 Å². The van der Waals surface area contributed by atoms with Crippen molar-refractivity contribution < 1.29 is 0 Å². The normalized spacial score (nSPS) is 18.5. The van der Waals surface area contributed by atoms with E-state index in [4.69, 9.17) is 0 Å². The smallest absolute Gasteiger partial charge is 0.0657 e. The van der Waals surface area contributed by atoms with E-state index in [9.17, 15) is 0 Å². The molecule has 0 saturated carbocycles. The molecular weight excluding hydrogens is 637 g/mol. The molecule has 0 bridgehead atoms. The fraction of sp³-hybridized carbons (Fsp3) is 0.321. The van der Waals surface area contributed by atoms with Crippen LogP contribution in [0.5, 0.6) is 0 Å². The number of rotatable bonds is 8. The Morgan fingerprint density at radius 3 is 1.92 bits per heavy atom. The van der Waals surface area contributed by atoms with Crippen LogP contribution >= 0.6 is 0 Å². The summed E-state index contributed by atoms with van der Waals surface area (Å²) in [5.41, 5.74) is 18.7. The number of allylic oxidation sites excluding steroid dienone is 4. The van der Waals surface area contributed by atoms with Gasteiger partial charge < -0.3 is 0 Å². The standard InChI is InChI=1S/C53H52/c1-7-34(8-2)38-28-39(35(9-3)10-4)31-52(30-38)45-25-24-36-16-15-21-46-48(36)49(45)50-47(52)29-37-23-22-33(26-32(5)6)27-42(37)51(50)53(46)43-19-13-11-17-40(43)41-18-12-14-20-44(41)53/h11-25,27-30,32,34-35H,7-10,26,31H2,1-6H3. The summed E-state index contributed by atoms with van der Waals surface area (Å²) in [6, 6.07) is 41.1. The van der Waals surface area contributed by atoms with Crippen LogP contribution in [0.1, 0.15) is 113 Å². The molecule has 10 rings (SSSR count). The van der Waals surface area contributed by atoms with Gasteiger partial charge in [-0.25, -0.2) is 0 Å². The van der Waals surface area contributed by atoms with Crippen LogP contribution < -0.4 is 0 Å². The molecule has 0 nitrogen and oxygen atoms in total. The maximum atomic E-state index is 2.78. The van der Waals surface area contributed by atoms with Gasteiger partial charge in [-0.1, -0.05) is 156 Å². The SMILES string of the molecule is CCC(CC)C1=CC2(CC(C(CC)CC)=C1)c1cc3ccc(CC(C)C)cc3c3c1-c1c2ccc2cccc(c12)C31c2ccccc2-c2ccccc21. The zero-order valence-corrected chi connectivity index (χ0v) is 32.4. The summed E-state index contributed by atoms with van der Waals surface area (Å²) in [6.07, 6.45) is 12.3. The Morgan fingerprint density at radius 1 is 0.585 bits per heavy atom. The van der Waals surface area contributed by atoms with Gasteiger partial charge in [0.15, 0.2) is 0 Å². The van der Waals surface area contributed by atoms with Crippen LogP contribution in [-0.2, 0) is 17.3 Å². The Kier molecular flexibility index (Phi) is 7.40. The van der Waals surface area contributed by atoms with Crippen molar-refractivity contribution in [1.82, 2.24) is 0 Å². The average molecular weight is 689 g/mol. The van der Waals surface area contributed by atoms with E-state index in [2.05, 4.69) is 157 Å². The first-order valence-corrected chi connectivity index (χ1v) is 20.7. The molecule has 0 amide bonds. The molecule has 6 aromatic carbocycles. The molecule has 6 aromatic rings. The Morgan fingerprint density at radius 2 is 1.25 bits per heavy atom. The van der Waals surface area contributed by atoms with Crippen LogP contribution in [0.4, 0.5) is 0 Å². The molecule has 1 unspecified atom stereocenters. The van der Waals surface area contributed by atoms with Crippen LogP contribution in [0.2, 0.25) is 0 Å². The van der Waals surface area contributed by atoms with Gasteiger partial charge in [-0.2, -0.15) is 0 Å². The lowest BCUT2D eigenvalue weighted by atomic mass is 9.60. The second kappa shape index (κ2) is 11.9. The van der Waals surface area contributed by atoms with Gasteiger partial charge in [0.25, 0.3) is 0 Å². The van der Waals surface area contributed by atoms with Crippen LogP contribution in [-0.4, -0.2) is 0 Å². The number of hydrogen-bond acceptors (Lipinski definition) is 0. The number of hydrogen-bond donors (Lipinski definition) is 0. The lowest BCUT2D eigenvalue weighted by Gasteiger charge is -2.41. The van der Waals surface area contributed by atoms with Gasteiger partial charge in [0, 0.05) is 5.41 Å². The molecule has 264 valence electrons. The minimum Gasteiger partial charge on any atom is -0.0657 e. The molecule has 2 spiro atoms. The van der Waals surface area contributed by atoms with Crippen molar-refractivity contribution in [2.75, 3.05) is 0 Å². The summed E-state index contributed by atoms with van der Waals surface area (Å²) in [6.45, 7) is 14.3. The minimum absolute atomic E-state index is 0.209. The molecule has 0 heterocycles. The van der Waals surface area contributed by atoms with E-state index in [1.807, 2.05) is 0 Å². The van der Waals surface area contributed by atoms with Gasteiger partial charge in [0.2, 0.25) is 0 Å². The number of benzene rings is 6. The molecule has 0 aromatic heterocycles. The zero-order chi connectivity index (χ0) is 36.2. The Balaban J connectivity index is 1.43. The lowest BCUT2D eigenvalue weighted by Crippen LogP contribution is -2.32. The van der Waals surface area contributed by atoms with E-state index in [0.717, 1.165) is 12.8 Å². The van der Waals surface area contributed by atoms with Crippen LogP contribution in [0.3, 0.4) is 0 Å². The van der Waals surface area contributed by atoms with Crippen LogP contribution in [0.25, 0.3) is 43.8 Å². The topological polar surface area (TPSA) is 0 Å². The first kappa shape index (κ1) is 32.9. The first-order valence-electron chi connectivity index (χ1n) is 20.7. The van der Waals surface area contributed by atoms with E-state index < -0.39 is 5.41 Å². The van der Waals surface area contributed by atoms with E-state index in [1.54, 1.807) is 11.1 Å². The summed E-state index contributed by atoms with van der Waals surface area (Å²) in [5, 5.41) is 5.64. The third-order valence-corrected chi connectivity index (χ3v) is 14.1. The van der Waals surface area contributed by atoms with E-state index in [0.29, 0.717) is 17.8 Å². The van der Waals surface area contributed by atoms with E-state index in [1.165, 1.54) is 108 Å². The van der Waals surface area contributed by atoms with Crippen molar-refractivity contribution in [2.24, 2.45) is 17.8 Å². The molecule has 4 aliphatic carbocycles. The summed E-state index contributed by atoms with van der Waals surface area (Å²) in [7, 11) is 0. The number of fused-ring (bicyclic) bond motifs is 11. The molecule has 53 heavy (non-hydrogen) atoms. The van der Waals surface area contributed by atoms with Crippen molar-refractivity contribution in [2.45, 2.75) is 90.9 Å². The molecule has 0 radical (unpaired) electrons. The van der Waals surface area contributed by atoms with Gasteiger partial charge in [-0.3, -0.25) is 0 Å². The maximum Gasteiger partial charge on any atom is 0.0731 e. The fourth-order valence-corrected chi connectivity index (χ4v) is 11.8. The third kappa shape index (κ3) is 4.24. The van der Waals surface area contributed by atoms with Crippen molar-refractivity contribution in [1.29, 1.82) is 0 Å². The predicted octanol–water partition coefficient (Wildman–Crippen LogP) is 14.3. The fourth-order valence-electron chi connectivity index (χ4n) is 11.8. The summed E-state index contributed by atoms with van der Waals surface area (Å²) >= 11 is 0. The van der Waals surface area contributed by atoms with Crippen LogP contribution in [0.15, 0.2) is 126 Å². The molecule has 0 saturated heterocycles. The maximum absolute atomic E-state index is 2.78. The molecule has 4 aliphatic rings. The molecule has 0 aliphatic heterocycles. The second-order valence-electron chi connectivity index (χ2n) is 17.1. The van der Waals surface area contributed by atoms with E-state index in [-0.39, 0.29) is 5.41 Å². The molecular formula is C53H52. The second-order valence-corrected chi connectivity index (χ2v) is 17.1. The highest BCUT2D eigenvalue weighted by molar-refractivity contribution is 6.15. The molecule has 0 heteroatoms. The van der Waals surface area contributed by atoms with Gasteiger partial charge in [-0.05, 0) is 151 Å². The monoisotopic (exact) mass is 688 g/mol. The highest BCUT2D eigenvalue weighted by Gasteiger charge is 2.56. The van der Waals surface area contributed by atoms with Gasteiger partial charge in [-0.15, -0.1) is 0 Å². The molecule has 1 atom stereocenters. The van der Waals surface area contributed by atoms with E-state index >= 15 is 0 Å². The zero-order valence-electron chi connectivity index (χ0n) is 32.4. The Bertz CT molecular complexity index is 2500. The largest absolute Gasteiger partial charge is 0.0731 e. The molecule has 0 N–H and O–H groups in total. The summed E-state index contributed by atoms with van der Waals surface area (Å²) < 4.78 is 0. The van der Waals surface area contributed by atoms with Crippen molar-refractivity contribution in [3.63, 3.8) is 0 Å². The minimum atomic E-state index is -0.422. The highest BCUT2D eigenvalue weighted by Crippen LogP contribution is 2.69. The molecule has 0 fully saturated rings. The first-order chi connectivity index (χ1) is 25.9. The highest BCUT2D eigenvalue weighted by atomic mass is 14.6. The van der Waals surface area contributed by atoms with Crippen molar-refractivity contribution >= 4 is 21.5 Å². The van der Waals surface area contributed by atoms with Crippen LogP contribution in [0, 0.1) is 17.8 Å².